The van der Waals surface area contributed by atoms with Crippen LogP contribution in [0.5, 0.6) is 34.5 Å². The molecule has 13 N–H and O–H groups in total. The van der Waals surface area contributed by atoms with Crippen LogP contribution in [0.25, 0.3) is 33.5 Å². The monoisotopic (exact) mass is 2200 g/mol. The van der Waals surface area contributed by atoms with Gasteiger partial charge in [-0.1, -0.05) is 66.5 Å². The number of nitrogens with two attached hydrogens (primary N) is 4. The Morgan fingerprint density at radius 1 is 0.451 bits per heavy atom. The molecule has 122 heavy (non-hydrogen) atoms. The van der Waals surface area contributed by atoms with E-state index in [0.29, 0.717) is 152 Å². The van der Waals surface area contributed by atoms with Gasteiger partial charge in [-0.05, 0) is 209 Å². The lowest BCUT2D eigenvalue weighted by Crippen LogP contribution is -2.37. The maximum atomic E-state index is 14.1. The lowest BCUT2D eigenvalue weighted by atomic mass is 10.1. The molecule has 9 heterocycles. The van der Waals surface area contributed by atoms with Crippen LogP contribution in [-0.4, -0.2) is 260 Å². The molecule has 0 atom stereocenters. The van der Waals surface area contributed by atoms with E-state index in [1.807, 2.05) is 64.3 Å². The summed E-state index contributed by atoms with van der Waals surface area (Å²) in [4.78, 5) is 45.6. The molecular weight excluding hydrogens is 2080 g/mol. The molecule has 0 spiro atoms. The average Bonchev–Trinajstić information content (AvgIpc) is 1.63. The van der Waals surface area contributed by atoms with E-state index >= 15 is 0 Å². The van der Waals surface area contributed by atoms with Gasteiger partial charge in [-0.25, -0.2) is 20.1 Å². The van der Waals surface area contributed by atoms with Crippen LogP contribution < -0.4 is 56.1 Å². The molecule has 0 saturated heterocycles. The third-order valence-electron chi connectivity index (χ3n) is 18.8. The number of ether oxygens (including phenoxy) is 6. The molecule has 0 saturated carbocycles. The fourth-order valence-corrected chi connectivity index (χ4v) is 14.9. The molecule has 0 aliphatic carbocycles. The van der Waals surface area contributed by atoms with Crippen LogP contribution >= 0.6 is 99.6 Å². The first-order valence-corrected chi connectivity index (χ1v) is 47.2. The lowest BCUT2D eigenvalue weighted by molar-refractivity contribution is 0.161. The van der Waals surface area contributed by atoms with Crippen LogP contribution in [0, 0.1) is 28.9 Å². The summed E-state index contributed by atoms with van der Waals surface area (Å²) < 4.78 is 110. The van der Waals surface area contributed by atoms with E-state index < -0.39 is 28.5 Å². The highest BCUT2D eigenvalue weighted by Crippen LogP contribution is 2.40. The van der Waals surface area contributed by atoms with Crippen LogP contribution in [0.2, 0.25) is 0 Å². The molecule has 34 nitrogen and oxygen atoms in total. The Hall–Kier alpha value is -6.04. The van der Waals surface area contributed by atoms with Crippen molar-refractivity contribution in [3.05, 3.63) is 99.5 Å². The van der Waals surface area contributed by atoms with Gasteiger partial charge < -0.3 is 85.1 Å². The van der Waals surface area contributed by atoms with Gasteiger partial charge in [-0.15, -0.1) is 0 Å². The average molecular weight is 2200 g/mol. The zero-order valence-corrected chi connectivity index (χ0v) is 82.0. The van der Waals surface area contributed by atoms with Crippen molar-refractivity contribution < 1.29 is 74.6 Å². The summed E-state index contributed by atoms with van der Waals surface area (Å²) in [6.45, 7) is 36.5. The number of nitrogens with zero attached hydrogens (tertiary/aromatic N) is 16. The number of hydrogen-bond acceptors (Lipinski definition) is 30. The van der Waals surface area contributed by atoms with Crippen molar-refractivity contribution in [2.45, 2.75) is 178 Å². The van der Waals surface area contributed by atoms with Crippen molar-refractivity contribution in [3.8, 4) is 34.5 Å². The fourth-order valence-electron chi connectivity index (χ4n) is 12.7. The zero-order chi connectivity index (χ0) is 90.1. The van der Waals surface area contributed by atoms with Crippen molar-refractivity contribution in [2.75, 3.05) is 140 Å². The standard InChI is InChI=1S/C21H26FIN6O2.C20H25FIN7O5S.C20H24FIN6O3.C8H19NO.C5H13NO.C3H7Br.C2H5BrO/c1-4-5-28(12(2)3)6-7-29-17(25-18-19(24)26-21(22)27-20(18)29)9-13-8-15-16(10-14(13)23)31-11-30-15;1-11(2)28(5-6-34-35(24,30)31)3-4-29-16(25-17-18(23)26-20(21)27-19(17)29)8-12-7-14-15(9-13(12)22)33-10-32-14;1-11(2)27(5-6-29)3-4-28-16(24-17-18(23)25-20(21)26-19(17)28)8-12-7-14-15(9-13(12)22)31-10-30-14;1-4-5-9(6-7-10)8(2)3;1-5(2)6-3-4-7;1-2-3-4;3-1-2-4/h8,10,12H,4-7,9,11H2,1-3H3,(H2,24,26,27);7,9,11H,3-6,8,10H2,1-2H3,(H2,23,26,27)(H2,24,30,31);7,9,11,29H,3-6,8,10H2,1-2H3,(H2,23,25,26);8,10H,4-7H2,1-3H3;5-7H,3-4H2,1-2H3;2-3H2,1H3;4H,1-2H2. The van der Waals surface area contributed by atoms with E-state index in [-0.39, 0.29) is 88.6 Å². The Morgan fingerprint density at radius 2 is 0.738 bits per heavy atom. The number of benzene rings is 3. The Kier molecular flexibility index (Phi) is 45.4. The molecule has 0 fully saturated rings. The Morgan fingerprint density at radius 3 is 0.984 bits per heavy atom. The summed E-state index contributed by atoms with van der Waals surface area (Å²) in [5.74, 6) is 6.30. The summed E-state index contributed by atoms with van der Waals surface area (Å²) in [7, 11) is -4.03. The number of aliphatic hydroxyl groups excluding tert-OH is 4. The fraction of sp³-hybridized carbons (Fsp3) is 0.582. The number of alkyl halides is 2. The van der Waals surface area contributed by atoms with Gasteiger partial charge in [0.1, 0.15) is 17.5 Å². The number of anilines is 3. The Labute approximate surface area is 770 Å². The quantitative estimate of drug-likeness (QED) is 0.0100. The largest absolute Gasteiger partial charge is 0.454 e. The second-order valence-corrected chi connectivity index (χ2v) is 35.6. The molecule has 0 bridgehead atoms. The highest BCUT2D eigenvalue weighted by Gasteiger charge is 2.27. The van der Waals surface area contributed by atoms with Gasteiger partial charge in [0.15, 0.2) is 85.4 Å². The second kappa shape index (κ2) is 52.9. The van der Waals surface area contributed by atoms with Gasteiger partial charge in [0.25, 0.3) is 0 Å². The zero-order valence-electron chi connectivity index (χ0n) is 71.5. The minimum Gasteiger partial charge on any atom is -0.454 e. The van der Waals surface area contributed by atoms with Gasteiger partial charge in [0.05, 0.1) is 33.0 Å². The first-order valence-electron chi connectivity index (χ1n) is 40.3. The summed E-state index contributed by atoms with van der Waals surface area (Å²) in [6.07, 6.45) is 2.21. The van der Waals surface area contributed by atoms with Gasteiger partial charge in [-0.2, -0.15) is 51.5 Å². The van der Waals surface area contributed by atoms with Gasteiger partial charge in [0, 0.05) is 136 Å². The Bertz CT molecular complexity index is 4670. The summed E-state index contributed by atoms with van der Waals surface area (Å²) in [5, 5.41) is 43.9. The van der Waals surface area contributed by atoms with Crippen LogP contribution in [-0.2, 0) is 53.4 Å². The number of imidazole rings is 3. The second-order valence-electron chi connectivity index (χ2n) is 29.3. The molecule has 3 aliphatic heterocycles. The molecular formula is C79H119Br2F3I3N21O13S. The SMILES string of the molecule is CC(C)N(CCO)CCn1c(Cc2cc3c(cc2I)OCO3)nc2c(N)nc(F)nc21.CC(C)N(CCOS(N)(=O)=O)CCn1c(Cc2cc3c(cc2I)OCO3)nc2c(N)nc(F)nc21.CC(C)NCCO.CCCBr.CCCN(CCO)C(C)C.CCCN(CCn1c(Cc2cc3c(cc2I)OCO3)nc2c(N)nc(F)nc21)C(C)C.OCCBr. The van der Waals surface area contributed by atoms with Crippen molar-refractivity contribution >= 4 is 161 Å². The predicted octanol–water partition coefficient (Wildman–Crippen LogP) is 10.4. The third-order valence-corrected chi connectivity index (χ3v) is 23.5. The number of nitrogens with one attached hydrogen (secondary N) is 1. The first-order chi connectivity index (χ1) is 58.1. The van der Waals surface area contributed by atoms with Crippen molar-refractivity contribution in [2.24, 2.45) is 5.14 Å². The maximum absolute atomic E-state index is 14.1. The molecule has 6 aromatic heterocycles. The molecule has 0 unspecified atom stereocenters. The minimum atomic E-state index is -4.03. The summed E-state index contributed by atoms with van der Waals surface area (Å²) >= 11 is 13.0. The van der Waals surface area contributed by atoms with Crippen molar-refractivity contribution in [3.63, 3.8) is 0 Å². The molecule has 680 valence electrons. The van der Waals surface area contributed by atoms with E-state index in [2.05, 4.69) is 240 Å². The smallest absolute Gasteiger partial charge is 0.333 e. The number of rotatable bonds is 36. The third kappa shape index (κ3) is 32.4. The molecule has 0 radical (unpaired) electrons. The van der Waals surface area contributed by atoms with E-state index in [1.54, 1.807) is 4.57 Å². The van der Waals surface area contributed by atoms with Crippen LogP contribution in [0.4, 0.5) is 30.6 Å². The molecule has 3 aliphatic rings. The van der Waals surface area contributed by atoms with E-state index in [9.17, 15) is 26.7 Å². The first kappa shape index (κ1) is 105. The van der Waals surface area contributed by atoms with Crippen LogP contribution in [0.3, 0.4) is 0 Å². The highest BCUT2D eigenvalue weighted by molar-refractivity contribution is 14.1. The summed E-state index contributed by atoms with van der Waals surface area (Å²) in [5.41, 5.74) is 23.0. The number of nitrogen functional groups attached to an aromatic ring is 3. The molecule has 9 aromatic rings. The Balaban J connectivity index is 0.000000248. The van der Waals surface area contributed by atoms with E-state index in [4.69, 9.17) is 71.1 Å². The maximum Gasteiger partial charge on any atom is 0.333 e. The normalized spacial score (nSPS) is 12.5. The van der Waals surface area contributed by atoms with Crippen LogP contribution in [0.15, 0.2) is 36.4 Å². The highest BCUT2D eigenvalue weighted by atomic mass is 127. The number of hydrogen-bond donors (Lipinski definition) is 9. The van der Waals surface area contributed by atoms with Crippen LogP contribution in [0.1, 0.15) is 143 Å². The van der Waals surface area contributed by atoms with Crippen molar-refractivity contribution in [1.82, 2.24) is 83.5 Å². The number of aromatic nitrogens is 12. The van der Waals surface area contributed by atoms with Crippen molar-refractivity contribution in [1.29, 1.82) is 0 Å². The van der Waals surface area contributed by atoms with E-state index in [1.165, 1.54) is 6.42 Å². The minimum absolute atomic E-state index is 0.0129. The topological polar surface area (TPSA) is 440 Å². The van der Waals surface area contributed by atoms with E-state index in [0.717, 1.165) is 94.8 Å². The van der Waals surface area contributed by atoms with Gasteiger partial charge in [0.2, 0.25) is 20.4 Å². The number of halogens is 8. The predicted molar refractivity (Wildman–Crippen MR) is 499 cm³/mol. The number of fused-ring (bicyclic) bond motifs is 6. The summed E-state index contributed by atoms with van der Waals surface area (Å²) in [6, 6.07) is 13.4. The molecule has 12 rings (SSSR count). The molecule has 3 aromatic carbocycles. The molecule has 43 heteroatoms. The van der Waals surface area contributed by atoms with Gasteiger partial charge >= 0.3 is 28.5 Å². The molecule has 0 amide bonds. The lowest BCUT2D eigenvalue weighted by Gasteiger charge is -2.26. The number of aliphatic hydroxyl groups is 4. The van der Waals surface area contributed by atoms with Gasteiger partial charge in [-0.3, -0.25) is 23.8 Å².